The molecule has 1 fully saturated rings. The minimum absolute atomic E-state index is 0.0669. The van der Waals surface area contributed by atoms with Crippen LogP contribution in [-0.2, 0) is 10.5 Å². The molecule has 3 nitrogen and oxygen atoms in total. The Morgan fingerprint density at radius 3 is 2.90 bits per heavy atom. The van der Waals surface area contributed by atoms with E-state index in [1.807, 2.05) is 0 Å². The van der Waals surface area contributed by atoms with Gasteiger partial charge in [-0.15, -0.1) is 11.8 Å². The van der Waals surface area contributed by atoms with Crippen molar-refractivity contribution in [1.82, 2.24) is 5.32 Å². The molecule has 110 valence electrons. The molecule has 1 saturated carbocycles. The number of carbonyl (C=O) groups is 1. The van der Waals surface area contributed by atoms with E-state index in [9.17, 15) is 9.18 Å². The third-order valence-electron chi connectivity index (χ3n) is 3.45. The second-order valence-electron chi connectivity index (χ2n) is 5.00. The fraction of sp³-hybridized carbons (Fsp3) is 0.533. The molecule has 0 bridgehead atoms. The summed E-state index contributed by atoms with van der Waals surface area (Å²) in [4.78, 5) is 11.8. The SMILES string of the molecule is COc1ccc(F)cc1CSCC(=O)NC1CCCC1. The predicted octanol–water partition coefficient (Wildman–Crippen LogP) is 3.13. The molecule has 1 aromatic rings. The lowest BCUT2D eigenvalue weighted by Crippen LogP contribution is -2.33. The standard InChI is InChI=1S/C15H20FNO2S/c1-19-14-7-6-12(16)8-11(14)9-20-10-15(18)17-13-4-2-3-5-13/h6-8,13H,2-5,9-10H2,1H3,(H,17,18). The summed E-state index contributed by atoms with van der Waals surface area (Å²) in [6.07, 6.45) is 4.60. The molecule has 0 radical (unpaired) electrons. The summed E-state index contributed by atoms with van der Waals surface area (Å²) in [5.74, 6) is 1.42. The Hall–Kier alpha value is -1.23. The Kier molecular flexibility index (Phi) is 5.71. The Labute approximate surface area is 123 Å². The van der Waals surface area contributed by atoms with Crippen LogP contribution >= 0.6 is 11.8 Å². The summed E-state index contributed by atoms with van der Waals surface area (Å²) in [6.45, 7) is 0. The van der Waals surface area contributed by atoms with Crippen molar-refractivity contribution in [3.63, 3.8) is 0 Å². The van der Waals surface area contributed by atoms with E-state index >= 15 is 0 Å². The number of hydrogen-bond donors (Lipinski definition) is 1. The molecular weight excluding hydrogens is 277 g/mol. The maximum Gasteiger partial charge on any atom is 0.230 e. The van der Waals surface area contributed by atoms with Gasteiger partial charge in [-0.3, -0.25) is 4.79 Å². The summed E-state index contributed by atoms with van der Waals surface area (Å²) in [6, 6.07) is 4.80. The fourth-order valence-electron chi connectivity index (χ4n) is 2.45. The first-order valence-corrected chi connectivity index (χ1v) is 8.04. The van der Waals surface area contributed by atoms with Gasteiger partial charge in [0.05, 0.1) is 12.9 Å². The second kappa shape index (κ2) is 7.53. The molecule has 1 aliphatic rings. The maximum absolute atomic E-state index is 13.2. The number of benzene rings is 1. The Balaban J connectivity index is 1.77. The minimum Gasteiger partial charge on any atom is -0.496 e. The van der Waals surface area contributed by atoms with E-state index in [1.165, 1.54) is 36.7 Å². The number of ether oxygens (including phenoxy) is 1. The van der Waals surface area contributed by atoms with Crippen LogP contribution in [-0.4, -0.2) is 24.8 Å². The van der Waals surface area contributed by atoms with E-state index in [4.69, 9.17) is 4.74 Å². The molecule has 20 heavy (non-hydrogen) atoms. The Morgan fingerprint density at radius 1 is 1.45 bits per heavy atom. The van der Waals surface area contributed by atoms with Crippen LogP contribution in [0.1, 0.15) is 31.2 Å². The van der Waals surface area contributed by atoms with E-state index in [0.717, 1.165) is 18.4 Å². The third-order valence-corrected chi connectivity index (χ3v) is 4.43. The van der Waals surface area contributed by atoms with Gasteiger partial charge < -0.3 is 10.1 Å². The van der Waals surface area contributed by atoms with Crippen molar-refractivity contribution in [3.05, 3.63) is 29.6 Å². The number of halogens is 1. The number of methoxy groups -OCH3 is 1. The highest BCUT2D eigenvalue weighted by Gasteiger charge is 2.17. The summed E-state index contributed by atoms with van der Waals surface area (Å²) in [5.41, 5.74) is 0.783. The average Bonchev–Trinajstić information content (AvgIpc) is 2.92. The topological polar surface area (TPSA) is 38.3 Å². The van der Waals surface area contributed by atoms with E-state index in [0.29, 0.717) is 23.3 Å². The van der Waals surface area contributed by atoms with Crippen LogP contribution in [0.15, 0.2) is 18.2 Å². The zero-order valence-electron chi connectivity index (χ0n) is 11.7. The van der Waals surface area contributed by atoms with Crippen molar-refractivity contribution in [3.8, 4) is 5.75 Å². The molecular formula is C15H20FNO2S. The predicted molar refractivity (Wildman–Crippen MR) is 79.5 cm³/mol. The molecule has 2 rings (SSSR count). The van der Waals surface area contributed by atoms with Crippen molar-refractivity contribution >= 4 is 17.7 Å². The van der Waals surface area contributed by atoms with Gasteiger partial charge in [0, 0.05) is 17.4 Å². The third kappa shape index (κ3) is 4.40. The molecule has 0 atom stereocenters. The number of nitrogens with one attached hydrogen (secondary N) is 1. The van der Waals surface area contributed by atoms with E-state index in [-0.39, 0.29) is 11.7 Å². The van der Waals surface area contributed by atoms with E-state index < -0.39 is 0 Å². The average molecular weight is 297 g/mol. The molecule has 0 aromatic heterocycles. The van der Waals surface area contributed by atoms with Gasteiger partial charge in [0.1, 0.15) is 11.6 Å². The summed E-state index contributed by atoms with van der Waals surface area (Å²) >= 11 is 1.48. The van der Waals surface area contributed by atoms with Crippen LogP contribution in [0.4, 0.5) is 4.39 Å². The van der Waals surface area contributed by atoms with E-state index in [2.05, 4.69) is 5.32 Å². The van der Waals surface area contributed by atoms with Crippen LogP contribution in [0.3, 0.4) is 0 Å². The first-order valence-electron chi connectivity index (χ1n) is 6.88. The number of thioether (sulfide) groups is 1. The molecule has 0 heterocycles. The van der Waals surface area contributed by atoms with Crippen LogP contribution in [0.2, 0.25) is 0 Å². The van der Waals surface area contributed by atoms with Crippen LogP contribution in [0.25, 0.3) is 0 Å². The molecule has 0 aliphatic heterocycles. The zero-order valence-corrected chi connectivity index (χ0v) is 12.5. The van der Waals surface area contributed by atoms with Crippen molar-refractivity contribution in [1.29, 1.82) is 0 Å². The molecule has 1 amide bonds. The van der Waals surface area contributed by atoms with Gasteiger partial charge in [0.2, 0.25) is 5.91 Å². The maximum atomic E-state index is 13.2. The lowest BCUT2D eigenvalue weighted by molar-refractivity contribution is -0.119. The Bertz CT molecular complexity index is 461. The van der Waals surface area contributed by atoms with Gasteiger partial charge in [-0.05, 0) is 31.0 Å². The number of carbonyl (C=O) groups excluding carboxylic acids is 1. The number of amides is 1. The van der Waals surface area contributed by atoms with Gasteiger partial charge in [0.15, 0.2) is 0 Å². The van der Waals surface area contributed by atoms with Crippen LogP contribution in [0.5, 0.6) is 5.75 Å². The van der Waals surface area contributed by atoms with Gasteiger partial charge in [-0.2, -0.15) is 0 Å². The normalized spacial score (nSPS) is 15.3. The highest BCUT2D eigenvalue weighted by molar-refractivity contribution is 7.99. The molecule has 0 spiro atoms. The quantitative estimate of drug-likeness (QED) is 0.876. The van der Waals surface area contributed by atoms with Crippen molar-refractivity contribution in [2.75, 3.05) is 12.9 Å². The molecule has 1 aliphatic carbocycles. The molecule has 0 saturated heterocycles. The monoisotopic (exact) mass is 297 g/mol. The van der Waals surface area contributed by atoms with Gasteiger partial charge in [-0.25, -0.2) is 4.39 Å². The van der Waals surface area contributed by atoms with Crippen LogP contribution < -0.4 is 10.1 Å². The lowest BCUT2D eigenvalue weighted by Gasteiger charge is -2.12. The minimum atomic E-state index is -0.281. The first-order chi connectivity index (χ1) is 9.69. The van der Waals surface area contributed by atoms with Crippen molar-refractivity contribution < 1.29 is 13.9 Å². The molecule has 1 N–H and O–H groups in total. The first kappa shape index (κ1) is 15.2. The molecule has 1 aromatic carbocycles. The van der Waals surface area contributed by atoms with E-state index in [1.54, 1.807) is 13.2 Å². The Morgan fingerprint density at radius 2 is 2.20 bits per heavy atom. The highest BCUT2D eigenvalue weighted by atomic mass is 32.2. The number of rotatable bonds is 6. The summed E-state index contributed by atoms with van der Waals surface area (Å²) in [5, 5.41) is 3.04. The van der Waals surface area contributed by atoms with Crippen molar-refractivity contribution in [2.24, 2.45) is 0 Å². The van der Waals surface area contributed by atoms with Gasteiger partial charge >= 0.3 is 0 Å². The molecule has 0 unspecified atom stereocenters. The zero-order chi connectivity index (χ0) is 14.4. The molecule has 5 heteroatoms. The van der Waals surface area contributed by atoms with Crippen molar-refractivity contribution in [2.45, 2.75) is 37.5 Å². The van der Waals surface area contributed by atoms with Gasteiger partial charge in [-0.1, -0.05) is 12.8 Å². The van der Waals surface area contributed by atoms with Crippen LogP contribution in [0, 0.1) is 5.82 Å². The van der Waals surface area contributed by atoms with Gasteiger partial charge in [0.25, 0.3) is 0 Å². The largest absolute Gasteiger partial charge is 0.496 e. The second-order valence-corrected chi connectivity index (χ2v) is 5.98. The summed E-state index contributed by atoms with van der Waals surface area (Å²) < 4.78 is 18.4. The smallest absolute Gasteiger partial charge is 0.230 e. The summed E-state index contributed by atoms with van der Waals surface area (Å²) in [7, 11) is 1.56. The number of hydrogen-bond acceptors (Lipinski definition) is 3. The lowest BCUT2D eigenvalue weighted by atomic mass is 10.2. The fourth-order valence-corrected chi connectivity index (χ4v) is 3.27. The highest BCUT2D eigenvalue weighted by Crippen LogP contribution is 2.24.